The molecule has 2 nitrogen and oxygen atoms in total. The van der Waals surface area contributed by atoms with Gasteiger partial charge in [-0.1, -0.05) is 31.6 Å². The van der Waals surface area contributed by atoms with Crippen molar-refractivity contribution in [2.75, 3.05) is 18.8 Å². The Labute approximate surface area is 129 Å². The van der Waals surface area contributed by atoms with Crippen LogP contribution in [0.3, 0.4) is 0 Å². The van der Waals surface area contributed by atoms with Gasteiger partial charge < -0.3 is 5.73 Å². The minimum atomic E-state index is 0.431. The first-order valence-electron chi connectivity index (χ1n) is 8.22. The van der Waals surface area contributed by atoms with E-state index in [0.29, 0.717) is 11.3 Å². The van der Waals surface area contributed by atoms with E-state index >= 15 is 0 Å². The number of allylic oxidation sites excluding steroid dienone is 1. The van der Waals surface area contributed by atoms with Gasteiger partial charge in [-0.05, 0) is 60.8 Å². The molecule has 0 spiro atoms. The fourth-order valence-corrected chi connectivity index (χ4v) is 4.04. The third kappa shape index (κ3) is 3.01. The Morgan fingerprint density at radius 1 is 1.29 bits per heavy atom. The van der Waals surface area contributed by atoms with Crippen LogP contribution in [0, 0.1) is 11.3 Å². The van der Waals surface area contributed by atoms with Crippen molar-refractivity contribution in [3.8, 4) is 0 Å². The number of nitrogen functional groups attached to an aromatic ring is 1. The molecule has 1 aliphatic heterocycles. The number of fused-ring (bicyclic) bond motifs is 1. The largest absolute Gasteiger partial charge is 0.399 e. The second-order valence-corrected chi connectivity index (χ2v) is 7.54. The van der Waals surface area contributed by atoms with Crippen molar-refractivity contribution < 1.29 is 0 Å². The van der Waals surface area contributed by atoms with Gasteiger partial charge in [0.15, 0.2) is 0 Å². The molecule has 0 fully saturated rings. The molecule has 2 aliphatic rings. The van der Waals surface area contributed by atoms with Crippen molar-refractivity contribution in [1.82, 2.24) is 4.90 Å². The van der Waals surface area contributed by atoms with E-state index in [1.807, 2.05) is 6.07 Å². The first-order valence-corrected chi connectivity index (χ1v) is 8.22. The van der Waals surface area contributed by atoms with Gasteiger partial charge in [0, 0.05) is 25.3 Å². The molecule has 1 heterocycles. The monoisotopic (exact) mass is 284 g/mol. The Kier molecular flexibility index (Phi) is 3.83. The molecule has 0 aromatic heterocycles. The molecule has 1 aliphatic carbocycles. The van der Waals surface area contributed by atoms with E-state index in [9.17, 15) is 0 Å². The maximum atomic E-state index is 5.90. The highest BCUT2D eigenvalue weighted by Crippen LogP contribution is 2.41. The van der Waals surface area contributed by atoms with Crippen molar-refractivity contribution >= 4 is 5.69 Å². The Morgan fingerprint density at radius 2 is 2.10 bits per heavy atom. The van der Waals surface area contributed by atoms with E-state index in [2.05, 4.69) is 43.9 Å². The lowest BCUT2D eigenvalue weighted by atomic mass is 9.68. The molecule has 1 unspecified atom stereocenters. The molecule has 2 N–H and O–H groups in total. The van der Waals surface area contributed by atoms with Gasteiger partial charge in [0.25, 0.3) is 0 Å². The minimum absolute atomic E-state index is 0.431. The van der Waals surface area contributed by atoms with Gasteiger partial charge in [0.1, 0.15) is 0 Å². The van der Waals surface area contributed by atoms with Crippen LogP contribution < -0.4 is 5.73 Å². The molecule has 0 radical (unpaired) electrons. The Morgan fingerprint density at radius 3 is 2.86 bits per heavy atom. The fraction of sp³-hybridized carbons (Fsp3) is 0.579. The van der Waals surface area contributed by atoms with Crippen LogP contribution in [0.2, 0.25) is 0 Å². The summed E-state index contributed by atoms with van der Waals surface area (Å²) in [6.07, 6.45) is 6.15. The summed E-state index contributed by atoms with van der Waals surface area (Å²) in [7, 11) is 0. The summed E-state index contributed by atoms with van der Waals surface area (Å²) in [6.45, 7) is 10.6. The third-order valence-electron chi connectivity index (χ3n) is 5.51. The lowest BCUT2D eigenvalue weighted by Gasteiger charge is -2.42. The zero-order valence-electron chi connectivity index (χ0n) is 13.7. The van der Waals surface area contributed by atoms with E-state index in [1.165, 1.54) is 30.5 Å². The number of hydrogen-bond donors (Lipinski definition) is 1. The molecule has 1 aromatic rings. The Hall–Kier alpha value is -1.28. The van der Waals surface area contributed by atoms with Gasteiger partial charge in [-0.2, -0.15) is 0 Å². The SMILES string of the molecule is CC1=CCCC(C)(C)C1CN1CCc2cc(N)ccc2C1. The summed E-state index contributed by atoms with van der Waals surface area (Å²) < 4.78 is 0. The summed E-state index contributed by atoms with van der Waals surface area (Å²) >= 11 is 0. The van der Waals surface area contributed by atoms with Gasteiger partial charge >= 0.3 is 0 Å². The molecule has 1 aromatic carbocycles. The Balaban J connectivity index is 1.73. The molecule has 0 saturated carbocycles. The van der Waals surface area contributed by atoms with E-state index in [4.69, 9.17) is 5.73 Å². The van der Waals surface area contributed by atoms with Gasteiger partial charge in [-0.15, -0.1) is 0 Å². The van der Waals surface area contributed by atoms with Gasteiger partial charge in [-0.3, -0.25) is 4.90 Å². The Bertz CT molecular complexity index is 557. The zero-order chi connectivity index (χ0) is 15.0. The second kappa shape index (κ2) is 5.49. The summed E-state index contributed by atoms with van der Waals surface area (Å²) in [6, 6.07) is 6.41. The zero-order valence-corrected chi connectivity index (χ0v) is 13.7. The third-order valence-corrected chi connectivity index (χ3v) is 5.51. The predicted molar refractivity (Wildman–Crippen MR) is 90.1 cm³/mol. The highest BCUT2D eigenvalue weighted by Gasteiger charge is 2.34. The smallest absolute Gasteiger partial charge is 0.0316 e. The van der Waals surface area contributed by atoms with Crippen LogP contribution in [-0.2, 0) is 13.0 Å². The number of nitrogens with two attached hydrogens (primary N) is 1. The minimum Gasteiger partial charge on any atom is -0.399 e. The van der Waals surface area contributed by atoms with E-state index in [1.54, 1.807) is 5.57 Å². The van der Waals surface area contributed by atoms with Crippen LogP contribution in [0.25, 0.3) is 0 Å². The number of nitrogens with zero attached hydrogens (tertiary/aromatic N) is 1. The van der Waals surface area contributed by atoms with Crippen molar-refractivity contribution in [1.29, 1.82) is 0 Å². The molecule has 114 valence electrons. The number of hydrogen-bond acceptors (Lipinski definition) is 2. The molecule has 0 saturated heterocycles. The molecule has 1 atom stereocenters. The summed E-state index contributed by atoms with van der Waals surface area (Å²) in [5.41, 5.74) is 11.7. The number of anilines is 1. The standard InChI is InChI=1S/C19H28N2/c1-14-5-4-9-19(2,3)18(14)13-21-10-8-15-11-17(20)7-6-16(15)12-21/h5-7,11,18H,4,8-10,12-13,20H2,1-3H3. The van der Waals surface area contributed by atoms with E-state index in [-0.39, 0.29) is 0 Å². The quantitative estimate of drug-likeness (QED) is 0.657. The maximum Gasteiger partial charge on any atom is 0.0316 e. The molecule has 3 rings (SSSR count). The lowest BCUT2D eigenvalue weighted by Crippen LogP contribution is -2.41. The van der Waals surface area contributed by atoms with Crippen LogP contribution in [0.1, 0.15) is 44.7 Å². The van der Waals surface area contributed by atoms with Crippen LogP contribution in [-0.4, -0.2) is 18.0 Å². The van der Waals surface area contributed by atoms with Gasteiger partial charge in [0.2, 0.25) is 0 Å². The maximum absolute atomic E-state index is 5.90. The predicted octanol–water partition coefficient (Wildman–Crippen LogP) is 4.01. The fourth-order valence-electron chi connectivity index (χ4n) is 4.04. The first kappa shape index (κ1) is 14.6. The molecule has 0 bridgehead atoms. The van der Waals surface area contributed by atoms with Crippen molar-refractivity contribution in [3.05, 3.63) is 41.0 Å². The van der Waals surface area contributed by atoms with Gasteiger partial charge in [-0.25, -0.2) is 0 Å². The summed E-state index contributed by atoms with van der Waals surface area (Å²) in [4.78, 5) is 2.63. The van der Waals surface area contributed by atoms with Crippen LogP contribution >= 0.6 is 0 Å². The topological polar surface area (TPSA) is 29.3 Å². The number of rotatable bonds is 2. The average molecular weight is 284 g/mol. The van der Waals surface area contributed by atoms with Crippen LogP contribution in [0.4, 0.5) is 5.69 Å². The summed E-state index contributed by atoms with van der Waals surface area (Å²) in [5, 5.41) is 0. The van der Waals surface area contributed by atoms with Crippen molar-refractivity contribution in [3.63, 3.8) is 0 Å². The van der Waals surface area contributed by atoms with Crippen molar-refractivity contribution in [2.24, 2.45) is 11.3 Å². The average Bonchev–Trinajstić information content (AvgIpc) is 2.43. The van der Waals surface area contributed by atoms with E-state index < -0.39 is 0 Å². The van der Waals surface area contributed by atoms with Gasteiger partial charge in [0.05, 0.1) is 0 Å². The normalized spacial score (nSPS) is 25.3. The molecule has 21 heavy (non-hydrogen) atoms. The molecule has 0 amide bonds. The molecular formula is C19H28N2. The number of benzene rings is 1. The highest BCUT2D eigenvalue weighted by molar-refractivity contribution is 5.45. The molecule has 2 heteroatoms. The highest BCUT2D eigenvalue weighted by atomic mass is 15.1. The first-order chi connectivity index (χ1) is 9.95. The molecular weight excluding hydrogens is 256 g/mol. The van der Waals surface area contributed by atoms with Crippen LogP contribution in [0.15, 0.2) is 29.8 Å². The van der Waals surface area contributed by atoms with Crippen LogP contribution in [0.5, 0.6) is 0 Å². The lowest BCUT2D eigenvalue weighted by molar-refractivity contribution is 0.135. The van der Waals surface area contributed by atoms with Crippen molar-refractivity contribution in [2.45, 2.75) is 46.6 Å². The second-order valence-electron chi connectivity index (χ2n) is 7.54. The summed E-state index contributed by atoms with van der Waals surface area (Å²) in [5.74, 6) is 0.696. The van der Waals surface area contributed by atoms with E-state index in [0.717, 1.165) is 25.2 Å².